The van der Waals surface area contributed by atoms with E-state index >= 15 is 0 Å². The van der Waals surface area contributed by atoms with E-state index in [9.17, 15) is 13.6 Å². The highest BCUT2D eigenvalue weighted by Gasteiger charge is 2.44. The summed E-state index contributed by atoms with van der Waals surface area (Å²) in [6.45, 7) is -0.0266. The molecule has 1 unspecified atom stereocenters. The number of hydrogen-bond acceptors (Lipinski definition) is 5. The van der Waals surface area contributed by atoms with Gasteiger partial charge in [-0.15, -0.1) is 0 Å². The van der Waals surface area contributed by atoms with E-state index < -0.39 is 24.2 Å². The van der Waals surface area contributed by atoms with Gasteiger partial charge in [0, 0.05) is 30.3 Å². The molecule has 7 nitrogen and oxygen atoms in total. The molecule has 1 aliphatic heterocycles. The summed E-state index contributed by atoms with van der Waals surface area (Å²) in [4.78, 5) is 21.8. The summed E-state index contributed by atoms with van der Waals surface area (Å²) in [7, 11) is 3.14. The number of ether oxygens (including phenoxy) is 1. The van der Waals surface area contributed by atoms with E-state index in [0.29, 0.717) is 34.4 Å². The van der Waals surface area contributed by atoms with Crippen LogP contribution in [0.1, 0.15) is 12.5 Å². The fourth-order valence-electron chi connectivity index (χ4n) is 4.31. The Morgan fingerprint density at radius 1 is 1.16 bits per heavy atom. The first kappa shape index (κ1) is 19.6. The van der Waals surface area contributed by atoms with Gasteiger partial charge in [-0.05, 0) is 36.7 Å². The lowest BCUT2D eigenvalue weighted by atomic mass is 10.0. The number of benzene rings is 1. The molecule has 4 aromatic rings. The number of methoxy groups -OCH3 is 1. The number of piperidine rings is 1. The Kier molecular flexibility index (Phi) is 4.51. The first-order valence-corrected chi connectivity index (χ1v) is 9.99. The number of hydrogen-bond donors (Lipinski definition) is 1. The molecule has 0 bridgehead atoms. The lowest BCUT2D eigenvalue weighted by Crippen LogP contribution is -2.49. The van der Waals surface area contributed by atoms with Crippen molar-refractivity contribution in [1.82, 2.24) is 24.4 Å². The van der Waals surface area contributed by atoms with Crippen LogP contribution in [0.2, 0.25) is 0 Å². The average Bonchev–Trinajstić information content (AvgIpc) is 3.04. The Balaban J connectivity index is 1.78. The minimum Gasteiger partial charge on any atom is -0.481 e. The van der Waals surface area contributed by atoms with E-state index in [1.807, 2.05) is 24.3 Å². The van der Waals surface area contributed by atoms with Gasteiger partial charge in [-0.3, -0.25) is 14.1 Å². The molecule has 9 heteroatoms. The highest BCUT2D eigenvalue weighted by molar-refractivity contribution is 6.04. The second kappa shape index (κ2) is 7.12. The van der Waals surface area contributed by atoms with Crippen LogP contribution in [0.25, 0.3) is 33.1 Å². The fourth-order valence-corrected chi connectivity index (χ4v) is 4.31. The molecule has 0 aliphatic carbocycles. The third kappa shape index (κ3) is 3.07. The van der Waals surface area contributed by atoms with Gasteiger partial charge in [-0.1, -0.05) is 6.07 Å². The van der Waals surface area contributed by atoms with Crippen LogP contribution in [0, 0.1) is 0 Å². The molecule has 1 atom stereocenters. The number of rotatable bonds is 3. The molecule has 1 aromatic carbocycles. The zero-order valence-electron chi connectivity index (χ0n) is 17.1. The maximum absolute atomic E-state index is 14.8. The van der Waals surface area contributed by atoms with Crippen LogP contribution < -0.4 is 15.7 Å². The maximum atomic E-state index is 14.8. The molecule has 0 saturated carbocycles. The fraction of sp³-hybridized carbons (Fsp3) is 0.318. The molecular weight excluding hydrogens is 404 g/mol. The van der Waals surface area contributed by atoms with Crippen molar-refractivity contribution in [1.29, 1.82) is 0 Å². The number of nitrogens with zero attached hydrogens (tertiary/aromatic N) is 4. The second-order valence-electron chi connectivity index (χ2n) is 7.77. The third-order valence-electron chi connectivity index (χ3n) is 5.95. The summed E-state index contributed by atoms with van der Waals surface area (Å²) >= 11 is 0. The van der Waals surface area contributed by atoms with Crippen molar-refractivity contribution >= 4 is 21.9 Å². The van der Waals surface area contributed by atoms with Crippen LogP contribution in [-0.4, -0.2) is 45.2 Å². The summed E-state index contributed by atoms with van der Waals surface area (Å²) < 4.78 is 37.4. The predicted molar refractivity (Wildman–Crippen MR) is 114 cm³/mol. The van der Waals surface area contributed by atoms with Crippen LogP contribution in [0.5, 0.6) is 5.88 Å². The zero-order valence-corrected chi connectivity index (χ0v) is 17.1. The number of aromatic nitrogens is 4. The molecular formula is C22H21F2N5O2. The van der Waals surface area contributed by atoms with Crippen molar-refractivity contribution < 1.29 is 13.5 Å². The van der Waals surface area contributed by atoms with Gasteiger partial charge < -0.3 is 10.1 Å². The van der Waals surface area contributed by atoms with Gasteiger partial charge in [0.2, 0.25) is 5.88 Å². The molecule has 1 fully saturated rings. The summed E-state index contributed by atoms with van der Waals surface area (Å²) in [6, 6.07) is 8.02. The Morgan fingerprint density at radius 3 is 2.68 bits per heavy atom. The number of pyridine rings is 2. The monoisotopic (exact) mass is 425 g/mol. The van der Waals surface area contributed by atoms with Crippen molar-refractivity contribution in [2.24, 2.45) is 7.05 Å². The molecule has 160 valence electrons. The third-order valence-corrected chi connectivity index (χ3v) is 5.95. The zero-order chi connectivity index (χ0) is 21.8. The number of nitrogens with one attached hydrogen (secondary N) is 1. The normalized spacial score (nSPS) is 18.5. The number of halogens is 2. The summed E-state index contributed by atoms with van der Waals surface area (Å²) in [5.74, 6) is -2.54. The van der Waals surface area contributed by atoms with Crippen LogP contribution in [0.15, 0.2) is 47.5 Å². The molecule has 3 aromatic heterocycles. The second-order valence-corrected chi connectivity index (χ2v) is 7.77. The Morgan fingerprint density at radius 2 is 1.97 bits per heavy atom. The van der Waals surface area contributed by atoms with Crippen molar-refractivity contribution in [3.63, 3.8) is 0 Å². The van der Waals surface area contributed by atoms with Crippen LogP contribution in [0.3, 0.4) is 0 Å². The van der Waals surface area contributed by atoms with Crippen LogP contribution in [0.4, 0.5) is 8.78 Å². The van der Waals surface area contributed by atoms with Gasteiger partial charge in [0.25, 0.3) is 5.92 Å². The molecule has 1 saturated heterocycles. The van der Waals surface area contributed by atoms with E-state index in [1.54, 1.807) is 32.6 Å². The number of alkyl halides is 2. The van der Waals surface area contributed by atoms with Crippen LogP contribution in [-0.2, 0) is 7.05 Å². The summed E-state index contributed by atoms with van der Waals surface area (Å²) in [5, 5.41) is 3.38. The maximum Gasteiger partial charge on any atom is 0.329 e. The summed E-state index contributed by atoms with van der Waals surface area (Å²) in [5.41, 5.74) is 2.86. The van der Waals surface area contributed by atoms with E-state index in [2.05, 4.69) is 15.3 Å². The minimum absolute atomic E-state index is 0.165. The highest BCUT2D eigenvalue weighted by atomic mass is 19.3. The van der Waals surface area contributed by atoms with Crippen molar-refractivity contribution in [3.8, 4) is 17.0 Å². The van der Waals surface area contributed by atoms with Crippen molar-refractivity contribution in [3.05, 3.63) is 53.2 Å². The van der Waals surface area contributed by atoms with Gasteiger partial charge in [-0.25, -0.2) is 18.6 Å². The average molecular weight is 425 g/mol. The van der Waals surface area contributed by atoms with Gasteiger partial charge in [0.05, 0.1) is 36.4 Å². The van der Waals surface area contributed by atoms with E-state index in [0.717, 1.165) is 11.1 Å². The SMILES string of the molecule is COc1ccc(-c2ccc3ncc4c(c3c2)n(C2CCNCC2(F)F)c(=O)n4C)cn1. The first-order chi connectivity index (χ1) is 14.9. The molecule has 31 heavy (non-hydrogen) atoms. The quantitative estimate of drug-likeness (QED) is 0.546. The van der Waals surface area contributed by atoms with Gasteiger partial charge >= 0.3 is 5.69 Å². The van der Waals surface area contributed by atoms with Gasteiger partial charge in [-0.2, -0.15) is 0 Å². The smallest absolute Gasteiger partial charge is 0.329 e. The van der Waals surface area contributed by atoms with E-state index in [1.165, 1.54) is 9.13 Å². The topological polar surface area (TPSA) is 74.0 Å². The Labute approximate surface area is 176 Å². The first-order valence-electron chi connectivity index (χ1n) is 9.99. The van der Waals surface area contributed by atoms with Crippen molar-refractivity contribution in [2.75, 3.05) is 20.2 Å². The standard InChI is InChI=1S/C22H21F2N5O2/c1-28-17-11-26-16-5-3-13(14-4-6-19(31-2)27-10-14)9-15(16)20(17)29(21(28)30)18-7-8-25-12-22(18,23)24/h3-6,9-11,18,25H,7-8,12H2,1-2H3. The van der Waals surface area contributed by atoms with E-state index in [-0.39, 0.29) is 6.42 Å². The summed E-state index contributed by atoms with van der Waals surface area (Å²) in [6.07, 6.45) is 3.42. The lowest BCUT2D eigenvalue weighted by molar-refractivity contribution is -0.0656. The molecule has 1 N–H and O–H groups in total. The molecule has 4 heterocycles. The molecule has 1 aliphatic rings. The van der Waals surface area contributed by atoms with Crippen LogP contribution >= 0.6 is 0 Å². The number of aryl methyl sites for hydroxylation is 1. The molecule has 0 spiro atoms. The minimum atomic E-state index is -3.04. The van der Waals surface area contributed by atoms with E-state index in [4.69, 9.17) is 4.74 Å². The highest BCUT2D eigenvalue weighted by Crippen LogP contribution is 2.37. The Hall–Kier alpha value is -3.33. The van der Waals surface area contributed by atoms with Gasteiger partial charge in [0.15, 0.2) is 0 Å². The number of imidazole rings is 1. The Bertz CT molecular complexity index is 1340. The lowest BCUT2D eigenvalue weighted by Gasteiger charge is -2.32. The predicted octanol–water partition coefficient (Wildman–Crippen LogP) is 3.13. The number of fused-ring (bicyclic) bond motifs is 3. The van der Waals surface area contributed by atoms with Gasteiger partial charge in [0.1, 0.15) is 6.04 Å². The largest absolute Gasteiger partial charge is 0.481 e. The van der Waals surface area contributed by atoms with Crippen molar-refractivity contribution in [2.45, 2.75) is 18.4 Å². The molecule has 0 radical (unpaired) electrons. The molecule has 0 amide bonds. The molecule has 5 rings (SSSR count).